The summed E-state index contributed by atoms with van der Waals surface area (Å²) in [5.74, 6) is 0.664. The lowest BCUT2D eigenvalue weighted by Crippen LogP contribution is -2.25. The minimum Gasteiger partial charge on any atom is -0.507 e. The molecule has 1 fully saturated rings. The Hall–Kier alpha value is -2.07. The third-order valence-electron chi connectivity index (χ3n) is 6.49. The molecular formula is C24H30O4. The lowest BCUT2D eigenvalue weighted by atomic mass is 9.82. The third kappa shape index (κ3) is 3.62. The van der Waals surface area contributed by atoms with E-state index in [1.54, 1.807) is 0 Å². The van der Waals surface area contributed by atoms with Crippen LogP contribution in [0.3, 0.4) is 0 Å². The Morgan fingerprint density at radius 3 is 2.54 bits per heavy atom. The van der Waals surface area contributed by atoms with Gasteiger partial charge in [-0.15, -0.1) is 0 Å². The van der Waals surface area contributed by atoms with E-state index in [1.807, 2.05) is 37.3 Å². The van der Waals surface area contributed by atoms with E-state index in [9.17, 15) is 15.0 Å². The zero-order valence-corrected chi connectivity index (χ0v) is 16.6. The van der Waals surface area contributed by atoms with Crippen LogP contribution in [0, 0.1) is 5.92 Å². The van der Waals surface area contributed by atoms with Gasteiger partial charge < -0.3 is 14.6 Å². The molecule has 0 aliphatic heterocycles. The second-order valence-corrected chi connectivity index (χ2v) is 8.40. The highest BCUT2D eigenvalue weighted by atomic mass is 16.4. The van der Waals surface area contributed by atoms with E-state index in [0.29, 0.717) is 30.1 Å². The van der Waals surface area contributed by atoms with Crippen LogP contribution in [0.25, 0.3) is 0 Å². The van der Waals surface area contributed by atoms with Crippen molar-refractivity contribution >= 4 is 0 Å². The highest BCUT2D eigenvalue weighted by molar-refractivity contribution is 5.47. The van der Waals surface area contributed by atoms with Gasteiger partial charge >= 0.3 is 5.63 Å². The topological polar surface area (TPSA) is 70.7 Å². The summed E-state index contributed by atoms with van der Waals surface area (Å²) in [6.45, 7) is 1.94. The molecule has 2 N–H and O–H groups in total. The number of rotatable bonds is 5. The van der Waals surface area contributed by atoms with Gasteiger partial charge in [-0.25, -0.2) is 4.79 Å². The molecule has 4 heteroatoms. The number of fused-ring (bicyclic) bond motifs is 1. The Kier molecular flexibility index (Phi) is 5.58. The number of hydrogen-bond acceptors (Lipinski definition) is 4. The van der Waals surface area contributed by atoms with Crippen molar-refractivity contribution in [3.8, 4) is 5.75 Å². The van der Waals surface area contributed by atoms with Crippen molar-refractivity contribution in [1.82, 2.24) is 0 Å². The molecule has 1 heterocycles. The third-order valence-corrected chi connectivity index (χ3v) is 6.49. The van der Waals surface area contributed by atoms with E-state index in [4.69, 9.17) is 4.42 Å². The molecular weight excluding hydrogens is 352 g/mol. The van der Waals surface area contributed by atoms with Crippen LogP contribution in [0.2, 0.25) is 0 Å². The SMILES string of the molecule is CCC(O)C1CCCCCc2c1oc(=O)c(C(c1ccccc1)C1CC1)c2O. The molecule has 2 aromatic rings. The Labute approximate surface area is 166 Å². The minimum atomic E-state index is -0.557. The van der Waals surface area contributed by atoms with E-state index in [-0.39, 0.29) is 17.6 Å². The fraction of sp³-hybridized carbons (Fsp3) is 0.542. The summed E-state index contributed by atoms with van der Waals surface area (Å²) in [6.07, 6.45) is 6.67. The molecule has 4 rings (SSSR count). The van der Waals surface area contributed by atoms with Crippen LogP contribution in [0.1, 0.15) is 86.2 Å². The smallest absolute Gasteiger partial charge is 0.343 e. The van der Waals surface area contributed by atoms with Gasteiger partial charge in [-0.2, -0.15) is 0 Å². The van der Waals surface area contributed by atoms with Crippen LogP contribution in [0.4, 0.5) is 0 Å². The molecule has 0 spiro atoms. The van der Waals surface area contributed by atoms with Gasteiger partial charge in [0.15, 0.2) is 0 Å². The van der Waals surface area contributed by atoms with Crippen molar-refractivity contribution in [2.75, 3.05) is 0 Å². The van der Waals surface area contributed by atoms with Crippen molar-refractivity contribution in [3.05, 3.63) is 63.2 Å². The molecule has 1 aromatic carbocycles. The van der Waals surface area contributed by atoms with E-state index >= 15 is 0 Å². The summed E-state index contributed by atoms with van der Waals surface area (Å²) in [5.41, 5.74) is 1.78. The largest absolute Gasteiger partial charge is 0.507 e. The first-order chi connectivity index (χ1) is 13.6. The van der Waals surface area contributed by atoms with Gasteiger partial charge in [-0.3, -0.25) is 0 Å². The summed E-state index contributed by atoms with van der Waals surface area (Å²) in [4.78, 5) is 13.1. The number of hydrogen-bond donors (Lipinski definition) is 2. The van der Waals surface area contributed by atoms with Crippen LogP contribution < -0.4 is 5.63 Å². The average Bonchev–Trinajstić information content (AvgIpc) is 3.52. The predicted octanol–water partition coefficient (Wildman–Crippen LogP) is 4.86. The minimum absolute atomic E-state index is 0.113. The molecule has 0 amide bonds. The first-order valence-electron chi connectivity index (χ1n) is 10.7. The standard InChI is InChI=1S/C24H30O4/c1-2-19(25)17-11-7-4-8-12-18-22(26)21(24(27)28-23(17)18)20(16-13-14-16)15-9-5-3-6-10-15/h3,5-6,9-10,16-17,19-20,25-26H,2,4,7-8,11-14H2,1H3. The molecule has 0 radical (unpaired) electrons. The van der Waals surface area contributed by atoms with E-state index < -0.39 is 11.7 Å². The first-order valence-corrected chi connectivity index (χ1v) is 10.7. The molecule has 0 bridgehead atoms. The molecule has 1 saturated carbocycles. The molecule has 3 unspecified atom stereocenters. The van der Waals surface area contributed by atoms with Crippen molar-refractivity contribution < 1.29 is 14.6 Å². The molecule has 2 aliphatic carbocycles. The van der Waals surface area contributed by atoms with E-state index in [1.165, 1.54) is 0 Å². The monoisotopic (exact) mass is 382 g/mol. The number of aliphatic hydroxyl groups excluding tert-OH is 1. The lowest BCUT2D eigenvalue weighted by Gasteiger charge is -2.27. The van der Waals surface area contributed by atoms with Crippen molar-refractivity contribution in [3.63, 3.8) is 0 Å². The van der Waals surface area contributed by atoms with Gasteiger partial charge in [0.2, 0.25) is 0 Å². The highest BCUT2D eigenvalue weighted by Crippen LogP contribution is 2.49. The normalized spacial score (nSPS) is 22.0. The Balaban J connectivity index is 1.86. The molecule has 150 valence electrons. The van der Waals surface area contributed by atoms with Crippen LogP contribution in [-0.4, -0.2) is 16.3 Å². The van der Waals surface area contributed by atoms with Crippen molar-refractivity contribution in [1.29, 1.82) is 0 Å². The van der Waals surface area contributed by atoms with Crippen molar-refractivity contribution in [2.24, 2.45) is 5.92 Å². The summed E-state index contributed by atoms with van der Waals surface area (Å²) in [7, 11) is 0. The average molecular weight is 383 g/mol. The second-order valence-electron chi connectivity index (χ2n) is 8.40. The zero-order chi connectivity index (χ0) is 19.7. The maximum absolute atomic E-state index is 13.1. The van der Waals surface area contributed by atoms with Gasteiger partial charge in [0.1, 0.15) is 11.5 Å². The maximum atomic E-state index is 13.1. The molecule has 28 heavy (non-hydrogen) atoms. The van der Waals surface area contributed by atoms with Gasteiger partial charge in [-0.05, 0) is 50.0 Å². The Morgan fingerprint density at radius 2 is 1.86 bits per heavy atom. The predicted molar refractivity (Wildman–Crippen MR) is 109 cm³/mol. The van der Waals surface area contributed by atoms with Gasteiger partial charge in [0, 0.05) is 17.4 Å². The summed E-state index contributed by atoms with van der Waals surface area (Å²) in [6, 6.07) is 9.98. The van der Waals surface area contributed by atoms with Crippen LogP contribution in [0.15, 0.2) is 39.5 Å². The second kappa shape index (κ2) is 8.12. The maximum Gasteiger partial charge on any atom is 0.343 e. The van der Waals surface area contributed by atoms with Crippen LogP contribution >= 0.6 is 0 Å². The number of aromatic hydroxyl groups is 1. The fourth-order valence-corrected chi connectivity index (χ4v) is 4.80. The Morgan fingerprint density at radius 1 is 1.11 bits per heavy atom. The quantitative estimate of drug-likeness (QED) is 0.775. The zero-order valence-electron chi connectivity index (χ0n) is 16.6. The van der Waals surface area contributed by atoms with Gasteiger partial charge in [-0.1, -0.05) is 50.1 Å². The number of aliphatic hydroxyl groups is 1. The summed E-state index contributed by atoms with van der Waals surface area (Å²) < 4.78 is 5.89. The van der Waals surface area contributed by atoms with E-state index in [0.717, 1.165) is 49.7 Å². The van der Waals surface area contributed by atoms with Crippen LogP contribution in [0.5, 0.6) is 5.75 Å². The molecule has 3 atom stereocenters. The fourth-order valence-electron chi connectivity index (χ4n) is 4.80. The summed E-state index contributed by atoms with van der Waals surface area (Å²) >= 11 is 0. The molecule has 1 aromatic heterocycles. The number of benzene rings is 1. The van der Waals surface area contributed by atoms with Gasteiger partial charge in [0.25, 0.3) is 0 Å². The highest BCUT2D eigenvalue weighted by Gasteiger charge is 2.39. The summed E-state index contributed by atoms with van der Waals surface area (Å²) in [5, 5.41) is 21.8. The van der Waals surface area contributed by atoms with Crippen LogP contribution in [-0.2, 0) is 6.42 Å². The lowest BCUT2D eigenvalue weighted by molar-refractivity contribution is 0.118. The van der Waals surface area contributed by atoms with Gasteiger partial charge in [0.05, 0.1) is 11.7 Å². The first kappa shape index (κ1) is 19.3. The van der Waals surface area contributed by atoms with Crippen molar-refractivity contribution in [2.45, 2.75) is 76.2 Å². The molecule has 0 saturated heterocycles. The Bertz CT molecular complexity index is 866. The molecule has 4 nitrogen and oxygen atoms in total. The van der Waals surface area contributed by atoms with E-state index in [2.05, 4.69) is 0 Å². The molecule has 2 aliphatic rings.